The van der Waals surface area contributed by atoms with Crippen molar-refractivity contribution in [3.05, 3.63) is 0 Å². The Bertz CT molecular complexity index is 1180. The second-order valence-corrected chi connectivity index (χ2v) is 16.9. The van der Waals surface area contributed by atoms with Crippen LogP contribution in [0, 0.1) is 52.3 Å². The lowest BCUT2D eigenvalue weighted by Crippen LogP contribution is -2.63. The van der Waals surface area contributed by atoms with Crippen molar-refractivity contribution in [1.82, 2.24) is 5.32 Å². The minimum atomic E-state index is -0.482. The highest BCUT2D eigenvalue weighted by molar-refractivity contribution is 5.70. The van der Waals surface area contributed by atoms with Crippen LogP contribution in [-0.4, -0.2) is 60.9 Å². The Morgan fingerprint density at radius 3 is 2.13 bits per heavy atom. The van der Waals surface area contributed by atoms with Crippen molar-refractivity contribution in [1.29, 1.82) is 0 Å². The summed E-state index contributed by atoms with van der Waals surface area (Å²) in [5.74, 6) is 0.773. The first-order valence-electron chi connectivity index (χ1n) is 18.5. The van der Waals surface area contributed by atoms with E-state index in [1.807, 2.05) is 13.8 Å². The molecular formula is C38H61NO8. The first kappa shape index (κ1) is 36.1. The standard InChI is InChI=1S/C38H61NO8/c1-22(9-12-34(43)47-36(5,6)26-14-17-39-18-15-26)29-10-11-30-35-31(21-33(38(29,30)8)46-25(4)42)37(7)16-13-28(44-23(2)40)19-27(37)20-32(35)45-24(3)41/h22,26-33,35,39H,9-21H2,1-8H3/t22-,27+,28?,29-,30+,31+,32?,33?,35+,37+,38-/m1/s1. The lowest BCUT2D eigenvalue weighted by molar-refractivity contribution is -0.224. The Morgan fingerprint density at radius 1 is 0.830 bits per heavy atom. The molecule has 5 fully saturated rings. The molecule has 0 aromatic carbocycles. The van der Waals surface area contributed by atoms with Crippen LogP contribution in [0.1, 0.15) is 126 Å². The number of nitrogens with one attached hydrogen (secondary N) is 1. The predicted molar refractivity (Wildman–Crippen MR) is 177 cm³/mol. The maximum absolute atomic E-state index is 13.2. The number of carbonyl (C=O) groups excluding carboxylic acids is 4. The summed E-state index contributed by atoms with van der Waals surface area (Å²) >= 11 is 0. The Morgan fingerprint density at radius 2 is 1.49 bits per heavy atom. The summed E-state index contributed by atoms with van der Waals surface area (Å²) in [6, 6.07) is 0. The van der Waals surface area contributed by atoms with Crippen molar-refractivity contribution < 1.29 is 38.1 Å². The van der Waals surface area contributed by atoms with Gasteiger partial charge in [0.05, 0.1) is 0 Å². The largest absolute Gasteiger partial charge is 0.463 e. The summed E-state index contributed by atoms with van der Waals surface area (Å²) in [5, 5.41) is 3.39. The molecule has 1 saturated heterocycles. The highest BCUT2D eigenvalue weighted by Gasteiger charge is 2.67. The average Bonchev–Trinajstić information content (AvgIpc) is 3.34. The molecule has 266 valence electrons. The van der Waals surface area contributed by atoms with Crippen molar-refractivity contribution in [2.75, 3.05) is 13.1 Å². The van der Waals surface area contributed by atoms with Crippen LogP contribution in [0.15, 0.2) is 0 Å². The number of carbonyl (C=O) groups is 4. The minimum absolute atomic E-state index is 0.0354. The van der Waals surface area contributed by atoms with Gasteiger partial charge in [-0.05, 0) is 126 Å². The quantitative estimate of drug-likeness (QED) is 0.222. The number of hydrogen-bond donors (Lipinski definition) is 1. The molecule has 4 aliphatic carbocycles. The average molecular weight is 660 g/mol. The molecule has 5 aliphatic rings. The molecule has 0 spiro atoms. The van der Waals surface area contributed by atoms with Crippen LogP contribution in [0.25, 0.3) is 0 Å². The highest BCUT2D eigenvalue weighted by atomic mass is 16.6. The molecule has 1 aliphatic heterocycles. The van der Waals surface area contributed by atoms with E-state index in [4.69, 9.17) is 18.9 Å². The Labute approximate surface area is 282 Å². The molecule has 1 heterocycles. The zero-order valence-corrected chi connectivity index (χ0v) is 30.2. The fraction of sp³-hybridized carbons (Fsp3) is 0.895. The number of esters is 4. The van der Waals surface area contributed by atoms with E-state index < -0.39 is 5.60 Å². The molecule has 0 radical (unpaired) electrons. The topological polar surface area (TPSA) is 117 Å². The van der Waals surface area contributed by atoms with Crippen molar-refractivity contribution in [3.63, 3.8) is 0 Å². The number of hydrogen-bond acceptors (Lipinski definition) is 9. The number of fused-ring (bicyclic) bond motifs is 5. The highest BCUT2D eigenvalue weighted by Crippen LogP contribution is 2.69. The van der Waals surface area contributed by atoms with Gasteiger partial charge in [-0.1, -0.05) is 20.8 Å². The van der Waals surface area contributed by atoms with Gasteiger partial charge in [-0.15, -0.1) is 0 Å². The summed E-state index contributed by atoms with van der Waals surface area (Å²) in [6.45, 7) is 17.4. The van der Waals surface area contributed by atoms with E-state index in [1.54, 1.807) is 0 Å². The molecule has 11 atom stereocenters. The zero-order chi connectivity index (χ0) is 34.3. The minimum Gasteiger partial charge on any atom is -0.463 e. The second kappa shape index (κ2) is 14.0. The first-order chi connectivity index (χ1) is 22.1. The van der Waals surface area contributed by atoms with Crippen molar-refractivity contribution >= 4 is 23.9 Å². The van der Waals surface area contributed by atoms with E-state index in [2.05, 4.69) is 26.1 Å². The van der Waals surface area contributed by atoms with Crippen LogP contribution in [0.4, 0.5) is 0 Å². The van der Waals surface area contributed by atoms with E-state index in [-0.39, 0.29) is 88.5 Å². The molecule has 9 nitrogen and oxygen atoms in total. The van der Waals surface area contributed by atoms with E-state index in [0.717, 1.165) is 77.3 Å². The molecule has 3 unspecified atom stereocenters. The number of rotatable bonds is 9. The van der Waals surface area contributed by atoms with Gasteiger partial charge in [-0.25, -0.2) is 0 Å². The van der Waals surface area contributed by atoms with E-state index >= 15 is 0 Å². The summed E-state index contributed by atoms with van der Waals surface area (Å²) in [5.41, 5.74) is -0.822. The monoisotopic (exact) mass is 659 g/mol. The van der Waals surface area contributed by atoms with Crippen molar-refractivity contribution in [2.24, 2.45) is 52.3 Å². The molecule has 4 saturated carbocycles. The molecule has 0 aromatic rings. The molecule has 0 bridgehead atoms. The van der Waals surface area contributed by atoms with E-state index in [9.17, 15) is 19.2 Å². The first-order valence-corrected chi connectivity index (χ1v) is 18.5. The second-order valence-electron chi connectivity index (χ2n) is 16.9. The van der Waals surface area contributed by atoms with E-state index in [0.29, 0.717) is 12.3 Å². The van der Waals surface area contributed by atoms with Crippen LogP contribution in [0.2, 0.25) is 0 Å². The maximum atomic E-state index is 13.2. The predicted octanol–water partition coefficient (Wildman–Crippen LogP) is 6.40. The van der Waals surface area contributed by atoms with Crippen molar-refractivity contribution in [2.45, 2.75) is 150 Å². The molecular weight excluding hydrogens is 598 g/mol. The fourth-order valence-electron chi connectivity index (χ4n) is 11.6. The Balaban J connectivity index is 1.36. The van der Waals surface area contributed by atoms with Crippen molar-refractivity contribution in [3.8, 4) is 0 Å². The smallest absolute Gasteiger partial charge is 0.306 e. The van der Waals surface area contributed by atoms with Gasteiger partial charge < -0.3 is 24.3 Å². The van der Waals surface area contributed by atoms with Gasteiger partial charge in [0, 0.05) is 44.4 Å². The Hall–Kier alpha value is -2.16. The van der Waals surface area contributed by atoms with Gasteiger partial charge in [0.25, 0.3) is 0 Å². The summed E-state index contributed by atoms with van der Waals surface area (Å²) in [4.78, 5) is 50.2. The lowest BCUT2D eigenvalue weighted by Gasteiger charge is -2.64. The molecule has 47 heavy (non-hydrogen) atoms. The zero-order valence-electron chi connectivity index (χ0n) is 30.2. The van der Waals surface area contributed by atoms with Gasteiger partial charge in [-0.2, -0.15) is 0 Å². The molecule has 1 N–H and O–H groups in total. The third-order valence-corrected chi connectivity index (χ3v) is 13.9. The number of piperidine rings is 1. The Kier molecular flexibility index (Phi) is 10.8. The SMILES string of the molecule is CC(=O)OC1CC[C@@]2(C)[C@@H](C1)CC(OC(C)=O)[C@@H]1[C@@H]2CC(OC(C)=O)[C@]2(C)[C@@H]([C@H](C)CCC(=O)OC(C)(C)C3CCNCC3)CC[C@@H]12. The van der Waals surface area contributed by atoms with Crippen LogP contribution < -0.4 is 5.32 Å². The van der Waals surface area contributed by atoms with Gasteiger partial charge in [-0.3, -0.25) is 19.2 Å². The lowest BCUT2D eigenvalue weighted by atomic mass is 9.43. The molecule has 9 heteroatoms. The fourth-order valence-corrected chi connectivity index (χ4v) is 11.6. The molecule has 0 amide bonds. The summed E-state index contributed by atoms with van der Waals surface area (Å²) in [7, 11) is 0. The van der Waals surface area contributed by atoms with Crippen LogP contribution in [0.5, 0.6) is 0 Å². The van der Waals surface area contributed by atoms with E-state index in [1.165, 1.54) is 20.8 Å². The van der Waals surface area contributed by atoms with Crippen LogP contribution in [0.3, 0.4) is 0 Å². The van der Waals surface area contributed by atoms with Gasteiger partial charge >= 0.3 is 23.9 Å². The third kappa shape index (κ3) is 7.26. The maximum Gasteiger partial charge on any atom is 0.306 e. The number of ether oxygens (including phenoxy) is 4. The van der Waals surface area contributed by atoms with Gasteiger partial charge in [0.1, 0.15) is 23.9 Å². The third-order valence-electron chi connectivity index (χ3n) is 13.9. The summed E-state index contributed by atoms with van der Waals surface area (Å²) < 4.78 is 24.3. The van der Waals surface area contributed by atoms with Crippen LogP contribution in [-0.2, 0) is 38.1 Å². The van der Waals surface area contributed by atoms with Crippen LogP contribution >= 0.6 is 0 Å². The molecule has 5 rings (SSSR count). The van der Waals surface area contributed by atoms with Gasteiger partial charge in [0.2, 0.25) is 0 Å². The normalized spacial score (nSPS) is 39.4. The summed E-state index contributed by atoms with van der Waals surface area (Å²) in [6.07, 6.45) is 8.49. The van der Waals surface area contributed by atoms with Gasteiger partial charge in [0.15, 0.2) is 0 Å². The molecule has 0 aromatic heterocycles.